The molecule has 0 atom stereocenters. The van der Waals surface area contributed by atoms with Gasteiger partial charge in [-0.3, -0.25) is 19.7 Å². The summed E-state index contributed by atoms with van der Waals surface area (Å²) >= 11 is 0. The zero-order chi connectivity index (χ0) is 15.1. The molecular formula is C13H17N3O4. The predicted molar refractivity (Wildman–Crippen MR) is 75.1 cm³/mol. The molecule has 0 aromatic heterocycles. The van der Waals surface area contributed by atoms with E-state index in [0.717, 1.165) is 0 Å². The SMILES string of the molecule is CCNC(=O)CN(CC)c1ccc([N+](=O)[O-])c(C=O)c1. The zero-order valence-corrected chi connectivity index (χ0v) is 11.5. The molecule has 1 amide bonds. The van der Waals surface area contributed by atoms with Gasteiger partial charge >= 0.3 is 0 Å². The quantitative estimate of drug-likeness (QED) is 0.462. The van der Waals surface area contributed by atoms with Crippen LogP contribution in [0.15, 0.2) is 18.2 Å². The first kappa shape index (κ1) is 15.6. The Kier molecular flexibility index (Phi) is 5.64. The van der Waals surface area contributed by atoms with Crippen molar-refractivity contribution in [2.24, 2.45) is 0 Å². The van der Waals surface area contributed by atoms with E-state index in [1.165, 1.54) is 18.2 Å². The summed E-state index contributed by atoms with van der Waals surface area (Å²) in [5.41, 5.74) is 0.367. The number of rotatable bonds is 7. The van der Waals surface area contributed by atoms with Crippen LogP contribution >= 0.6 is 0 Å². The number of benzene rings is 1. The number of carbonyl (C=O) groups excluding carboxylic acids is 2. The van der Waals surface area contributed by atoms with E-state index in [1.54, 1.807) is 4.90 Å². The molecule has 0 saturated carbocycles. The topological polar surface area (TPSA) is 92.6 Å². The zero-order valence-electron chi connectivity index (χ0n) is 11.5. The molecule has 0 aliphatic heterocycles. The van der Waals surface area contributed by atoms with Crippen molar-refractivity contribution in [3.63, 3.8) is 0 Å². The summed E-state index contributed by atoms with van der Waals surface area (Å²) in [6.07, 6.45) is 0.446. The van der Waals surface area contributed by atoms with E-state index in [0.29, 0.717) is 25.1 Å². The van der Waals surface area contributed by atoms with Crippen LogP contribution in [0.25, 0.3) is 0 Å². The average molecular weight is 279 g/mol. The number of carbonyl (C=O) groups is 2. The third kappa shape index (κ3) is 3.78. The van der Waals surface area contributed by atoms with E-state index in [-0.39, 0.29) is 23.7 Å². The maximum Gasteiger partial charge on any atom is 0.280 e. The molecule has 0 fully saturated rings. The van der Waals surface area contributed by atoms with Crippen molar-refractivity contribution in [1.82, 2.24) is 5.32 Å². The molecule has 0 bridgehead atoms. The number of anilines is 1. The van der Waals surface area contributed by atoms with Crippen LogP contribution in [0.1, 0.15) is 24.2 Å². The number of nitro benzene ring substituents is 1. The standard InChI is InChI=1S/C13H17N3O4/c1-3-14-13(18)8-15(4-2)11-5-6-12(16(19)20)10(7-11)9-17/h5-7,9H,3-4,8H2,1-2H3,(H,14,18). The molecule has 0 heterocycles. The van der Waals surface area contributed by atoms with Crippen molar-refractivity contribution in [3.05, 3.63) is 33.9 Å². The van der Waals surface area contributed by atoms with Crippen LogP contribution < -0.4 is 10.2 Å². The molecule has 1 rings (SSSR count). The van der Waals surface area contributed by atoms with Gasteiger partial charge in [0.05, 0.1) is 17.0 Å². The maximum atomic E-state index is 11.6. The number of hydrogen-bond acceptors (Lipinski definition) is 5. The lowest BCUT2D eigenvalue weighted by Gasteiger charge is -2.22. The van der Waals surface area contributed by atoms with Crippen molar-refractivity contribution in [1.29, 1.82) is 0 Å². The largest absolute Gasteiger partial charge is 0.362 e. The molecule has 0 radical (unpaired) electrons. The van der Waals surface area contributed by atoms with Crippen LogP contribution in [-0.4, -0.2) is 36.8 Å². The van der Waals surface area contributed by atoms with E-state index < -0.39 is 4.92 Å². The first-order valence-electron chi connectivity index (χ1n) is 6.28. The number of amides is 1. The van der Waals surface area contributed by atoms with Gasteiger partial charge in [0.25, 0.3) is 5.69 Å². The maximum absolute atomic E-state index is 11.6. The highest BCUT2D eigenvalue weighted by molar-refractivity contribution is 5.85. The number of aldehydes is 1. The van der Waals surface area contributed by atoms with Gasteiger partial charge in [-0.15, -0.1) is 0 Å². The normalized spacial score (nSPS) is 9.90. The van der Waals surface area contributed by atoms with Gasteiger partial charge in [0.1, 0.15) is 0 Å². The Bertz CT molecular complexity index is 516. The summed E-state index contributed by atoms with van der Waals surface area (Å²) in [5, 5.41) is 13.4. The Hall–Kier alpha value is -2.44. The van der Waals surface area contributed by atoms with Gasteiger partial charge in [-0.25, -0.2) is 0 Å². The molecule has 20 heavy (non-hydrogen) atoms. The van der Waals surface area contributed by atoms with Crippen LogP contribution in [0.3, 0.4) is 0 Å². The summed E-state index contributed by atoms with van der Waals surface area (Å²) in [6, 6.07) is 4.24. The van der Waals surface area contributed by atoms with E-state index in [1.807, 2.05) is 13.8 Å². The Morgan fingerprint density at radius 1 is 1.45 bits per heavy atom. The minimum absolute atomic E-state index is 0.00171. The monoisotopic (exact) mass is 279 g/mol. The van der Waals surface area contributed by atoms with Crippen molar-refractivity contribution in [2.45, 2.75) is 13.8 Å². The smallest absolute Gasteiger partial charge is 0.280 e. The minimum atomic E-state index is -0.604. The van der Waals surface area contributed by atoms with Crippen molar-refractivity contribution in [3.8, 4) is 0 Å². The molecule has 1 aromatic carbocycles. The van der Waals surface area contributed by atoms with Crippen molar-refractivity contribution in [2.75, 3.05) is 24.5 Å². The van der Waals surface area contributed by atoms with Crippen LogP contribution in [0.5, 0.6) is 0 Å². The third-order valence-electron chi connectivity index (χ3n) is 2.79. The highest BCUT2D eigenvalue weighted by Gasteiger charge is 2.16. The van der Waals surface area contributed by atoms with E-state index >= 15 is 0 Å². The lowest BCUT2D eigenvalue weighted by atomic mass is 10.1. The average Bonchev–Trinajstić information content (AvgIpc) is 2.44. The van der Waals surface area contributed by atoms with Crippen molar-refractivity contribution >= 4 is 23.6 Å². The molecule has 108 valence electrons. The molecule has 7 heteroatoms. The molecule has 0 saturated heterocycles. The van der Waals surface area contributed by atoms with Gasteiger partial charge < -0.3 is 10.2 Å². The fourth-order valence-electron chi connectivity index (χ4n) is 1.81. The second-order valence-electron chi connectivity index (χ2n) is 4.09. The molecule has 7 nitrogen and oxygen atoms in total. The Morgan fingerprint density at radius 2 is 2.15 bits per heavy atom. The van der Waals surface area contributed by atoms with Gasteiger partial charge in [-0.05, 0) is 26.0 Å². The highest BCUT2D eigenvalue weighted by atomic mass is 16.6. The Labute approximate surface area is 116 Å². The first-order chi connectivity index (χ1) is 9.53. The molecular weight excluding hydrogens is 262 g/mol. The van der Waals surface area contributed by atoms with Gasteiger partial charge in [0.15, 0.2) is 6.29 Å². The molecule has 0 spiro atoms. The van der Waals surface area contributed by atoms with Gasteiger partial charge in [0, 0.05) is 24.8 Å². The number of nitro groups is 1. The van der Waals surface area contributed by atoms with Crippen LogP contribution in [0, 0.1) is 10.1 Å². The van der Waals surface area contributed by atoms with Crippen molar-refractivity contribution < 1.29 is 14.5 Å². The second kappa shape index (κ2) is 7.22. The predicted octanol–water partition coefficient (Wildman–Crippen LogP) is 1.37. The summed E-state index contributed by atoms with van der Waals surface area (Å²) in [4.78, 5) is 34.4. The first-order valence-corrected chi connectivity index (χ1v) is 6.28. The number of nitrogens with zero attached hydrogens (tertiary/aromatic N) is 2. The van der Waals surface area contributed by atoms with E-state index in [4.69, 9.17) is 0 Å². The fraction of sp³-hybridized carbons (Fsp3) is 0.385. The Balaban J connectivity index is 3.01. The molecule has 1 N–H and O–H groups in total. The summed E-state index contributed by atoms with van der Waals surface area (Å²) in [7, 11) is 0. The van der Waals surface area contributed by atoms with Crippen LogP contribution in [-0.2, 0) is 4.79 Å². The summed E-state index contributed by atoms with van der Waals surface area (Å²) in [6.45, 7) is 4.91. The van der Waals surface area contributed by atoms with E-state index in [2.05, 4.69) is 5.32 Å². The minimum Gasteiger partial charge on any atom is -0.362 e. The summed E-state index contributed by atoms with van der Waals surface area (Å²) < 4.78 is 0. The van der Waals surface area contributed by atoms with Gasteiger partial charge in [-0.1, -0.05) is 0 Å². The van der Waals surface area contributed by atoms with E-state index in [9.17, 15) is 19.7 Å². The van der Waals surface area contributed by atoms with Gasteiger partial charge in [-0.2, -0.15) is 0 Å². The molecule has 0 aliphatic carbocycles. The lowest BCUT2D eigenvalue weighted by molar-refractivity contribution is -0.385. The fourth-order valence-corrected chi connectivity index (χ4v) is 1.81. The second-order valence-corrected chi connectivity index (χ2v) is 4.09. The third-order valence-corrected chi connectivity index (χ3v) is 2.79. The molecule has 1 aromatic rings. The van der Waals surface area contributed by atoms with Crippen LogP contribution in [0.2, 0.25) is 0 Å². The molecule has 0 unspecified atom stereocenters. The number of hydrogen-bond donors (Lipinski definition) is 1. The number of likely N-dealkylation sites (N-methyl/N-ethyl adjacent to an activating group) is 2. The molecule has 0 aliphatic rings. The highest BCUT2D eigenvalue weighted by Crippen LogP contribution is 2.23. The van der Waals surface area contributed by atoms with Crippen LogP contribution in [0.4, 0.5) is 11.4 Å². The van der Waals surface area contributed by atoms with Gasteiger partial charge in [0.2, 0.25) is 5.91 Å². The summed E-state index contributed by atoms with van der Waals surface area (Å²) in [5.74, 6) is -0.139. The number of nitrogens with one attached hydrogen (secondary N) is 1. The Morgan fingerprint density at radius 3 is 2.65 bits per heavy atom. The lowest BCUT2D eigenvalue weighted by Crippen LogP contribution is -2.37.